The van der Waals surface area contributed by atoms with Crippen LogP contribution in [0.4, 0.5) is 5.82 Å². The molecule has 0 spiro atoms. The lowest BCUT2D eigenvalue weighted by molar-refractivity contribution is 0.555. The van der Waals surface area contributed by atoms with Crippen LogP contribution in [0.3, 0.4) is 0 Å². The number of rotatable bonds is 4. The van der Waals surface area contributed by atoms with E-state index in [1.54, 1.807) is 4.68 Å². The Morgan fingerprint density at radius 1 is 1.47 bits per heavy atom. The third kappa shape index (κ3) is 1.86. The van der Waals surface area contributed by atoms with Gasteiger partial charge in [0.2, 0.25) is 0 Å². The van der Waals surface area contributed by atoms with Crippen LogP contribution in [0.25, 0.3) is 11.2 Å². The summed E-state index contributed by atoms with van der Waals surface area (Å²) in [6.45, 7) is 1.70. The van der Waals surface area contributed by atoms with Gasteiger partial charge in [-0.3, -0.25) is 0 Å². The molecule has 80 valence electrons. The lowest BCUT2D eigenvalue weighted by Crippen LogP contribution is -2.12. The molecule has 0 bridgehead atoms. The lowest BCUT2D eigenvalue weighted by Gasteiger charge is -2.00. The minimum Gasteiger partial charge on any atom is -0.382 e. The molecule has 0 amide bonds. The summed E-state index contributed by atoms with van der Waals surface area (Å²) in [5.74, 6) is 0.375. The van der Waals surface area contributed by atoms with Crippen LogP contribution >= 0.6 is 0 Å². The molecule has 15 heavy (non-hydrogen) atoms. The van der Waals surface area contributed by atoms with E-state index in [0.717, 1.165) is 19.5 Å². The first-order valence-corrected chi connectivity index (χ1v) is 4.77. The van der Waals surface area contributed by atoms with Crippen LogP contribution in [0, 0.1) is 0 Å². The van der Waals surface area contributed by atoms with Gasteiger partial charge in [-0.2, -0.15) is 0 Å². The molecule has 2 aromatic rings. The Kier molecular flexibility index (Phi) is 2.72. The Labute approximate surface area is 86.7 Å². The average Bonchev–Trinajstić information content (AvgIpc) is 2.64. The van der Waals surface area contributed by atoms with Crippen molar-refractivity contribution in [2.24, 2.45) is 0 Å². The van der Waals surface area contributed by atoms with Crippen molar-refractivity contribution in [2.75, 3.05) is 19.3 Å². The molecule has 7 nitrogen and oxygen atoms in total. The van der Waals surface area contributed by atoms with Crippen molar-refractivity contribution in [1.82, 2.24) is 30.3 Å². The predicted molar refractivity (Wildman–Crippen MR) is 56.1 cm³/mol. The monoisotopic (exact) mass is 207 g/mol. The van der Waals surface area contributed by atoms with E-state index in [1.807, 2.05) is 7.05 Å². The van der Waals surface area contributed by atoms with Crippen molar-refractivity contribution >= 4 is 17.0 Å². The van der Waals surface area contributed by atoms with Crippen molar-refractivity contribution in [3.8, 4) is 0 Å². The molecule has 7 heteroatoms. The van der Waals surface area contributed by atoms with Crippen LogP contribution in [-0.2, 0) is 6.54 Å². The summed E-state index contributed by atoms with van der Waals surface area (Å²) in [5.41, 5.74) is 6.91. The maximum Gasteiger partial charge on any atom is 0.183 e. The average molecular weight is 207 g/mol. The molecule has 3 N–H and O–H groups in total. The Bertz CT molecular complexity index is 449. The number of hydrogen-bond donors (Lipinski definition) is 2. The maximum atomic E-state index is 5.65. The van der Waals surface area contributed by atoms with Crippen molar-refractivity contribution in [1.29, 1.82) is 0 Å². The summed E-state index contributed by atoms with van der Waals surface area (Å²) < 4.78 is 1.74. The summed E-state index contributed by atoms with van der Waals surface area (Å²) in [6, 6.07) is 0. The standard InChI is InChI=1S/C8H13N7/c1-10-3-2-4-15-8-6(13-14-15)7(9)11-5-12-8/h5,10H,2-4H2,1H3,(H2,9,11,12). The highest BCUT2D eigenvalue weighted by atomic mass is 15.4. The van der Waals surface area contributed by atoms with Crippen molar-refractivity contribution < 1.29 is 0 Å². The zero-order valence-corrected chi connectivity index (χ0v) is 8.51. The number of nitrogens with one attached hydrogen (secondary N) is 1. The van der Waals surface area contributed by atoms with E-state index in [2.05, 4.69) is 25.6 Å². The van der Waals surface area contributed by atoms with Crippen LogP contribution in [0.5, 0.6) is 0 Å². The van der Waals surface area contributed by atoms with Crippen LogP contribution in [0.1, 0.15) is 6.42 Å². The van der Waals surface area contributed by atoms with Gasteiger partial charge in [-0.1, -0.05) is 5.21 Å². The highest BCUT2D eigenvalue weighted by Gasteiger charge is 2.08. The van der Waals surface area contributed by atoms with E-state index in [4.69, 9.17) is 5.73 Å². The number of nitrogens with zero attached hydrogens (tertiary/aromatic N) is 5. The first-order valence-electron chi connectivity index (χ1n) is 4.77. The molecule has 0 aromatic carbocycles. The first-order chi connectivity index (χ1) is 7.33. The van der Waals surface area contributed by atoms with Gasteiger partial charge >= 0.3 is 0 Å². The number of fused-ring (bicyclic) bond motifs is 1. The van der Waals surface area contributed by atoms with Gasteiger partial charge in [0, 0.05) is 6.54 Å². The quantitative estimate of drug-likeness (QED) is 0.651. The van der Waals surface area contributed by atoms with Gasteiger partial charge in [-0.25, -0.2) is 14.6 Å². The number of nitrogens with two attached hydrogens (primary N) is 1. The van der Waals surface area contributed by atoms with Crippen LogP contribution in [0.15, 0.2) is 6.33 Å². The maximum absolute atomic E-state index is 5.65. The highest BCUT2D eigenvalue weighted by molar-refractivity contribution is 5.80. The summed E-state index contributed by atoms with van der Waals surface area (Å²) >= 11 is 0. The van der Waals surface area contributed by atoms with Gasteiger partial charge in [0.05, 0.1) is 0 Å². The molecule has 2 heterocycles. The third-order valence-electron chi connectivity index (χ3n) is 2.13. The van der Waals surface area contributed by atoms with Crippen molar-refractivity contribution in [3.05, 3.63) is 6.33 Å². The first kappa shape index (κ1) is 9.78. The second-order valence-corrected chi connectivity index (χ2v) is 3.20. The molecular weight excluding hydrogens is 194 g/mol. The van der Waals surface area contributed by atoms with Gasteiger partial charge in [0.1, 0.15) is 6.33 Å². The minimum absolute atomic E-state index is 0.375. The van der Waals surface area contributed by atoms with Crippen LogP contribution in [-0.4, -0.2) is 38.6 Å². The van der Waals surface area contributed by atoms with Crippen LogP contribution < -0.4 is 11.1 Å². The summed E-state index contributed by atoms with van der Waals surface area (Å²) in [6.07, 6.45) is 2.40. The smallest absolute Gasteiger partial charge is 0.183 e. The second kappa shape index (κ2) is 4.18. The van der Waals surface area contributed by atoms with Gasteiger partial charge in [0.25, 0.3) is 0 Å². The molecule has 0 radical (unpaired) electrons. The fourth-order valence-electron chi connectivity index (χ4n) is 1.36. The molecule has 2 rings (SSSR count). The normalized spacial score (nSPS) is 11.0. The van der Waals surface area contributed by atoms with E-state index >= 15 is 0 Å². The highest BCUT2D eigenvalue weighted by Crippen LogP contribution is 2.12. The number of aryl methyl sites for hydroxylation is 1. The fourth-order valence-corrected chi connectivity index (χ4v) is 1.36. The predicted octanol–water partition coefficient (Wildman–Crippen LogP) is -0.587. The number of anilines is 1. The van der Waals surface area contributed by atoms with Gasteiger partial charge in [-0.05, 0) is 20.0 Å². The molecule has 0 fully saturated rings. The minimum atomic E-state index is 0.375. The Morgan fingerprint density at radius 2 is 2.33 bits per heavy atom. The van der Waals surface area contributed by atoms with Gasteiger partial charge in [-0.15, -0.1) is 5.10 Å². The fraction of sp³-hybridized carbons (Fsp3) is 0.500. The lowest BCUT2D eigenvalue weighted by atomic mass is 10.4. The Hall–Kier alpha value is -1.76. The van der Waals surface area contributed by atoms with Crippen molar-refractivity contribution in [3.63, 3.8) is 0 Å². The van der Waals surface area contributed by atoms with E-state index in [1.165, 1.54) is 6.33 Å². The molecule has 0 unspecified atom stereocenters. The number of nitrogen functional groups attached to an aromatic ring is 1. The number of aromatic nitrogens is 5. The molecular formula is C8H13N7. The topological polar surface area (TPSA) is 94.5 Å². The third-order valence-corrected chi connectivity index (χ3v) is 2.13. The van der Waals surface area contributed by atoms with E-state index in [-0.39, 0.29) is 0 Å². The summed E-state index contributed by atoms with van der Waals surface area (Å²) in [4.78, 5) is 7.96. The molecule has 0 atom stereocenters. The largest absolute Gasteiger partial charge is 0.382 e. The molecule has 0 aliphatic carbocycles. The second-order valence-electron chi connectivity index (χ2n) is 3.20. The SMILES string of the molecule is CNCCCn1nnc2c(N)ncnc21. The van der Waals surface area contributed by atoms with E-state index < -0.39 is 0 Å². The number of hydrogen-bond acceptors (Lipinski definition) is 6. The molecule has 0 saturated heterocycles. The van der Waals surface area contributed by atoms with Crippen LogP contribution in [0.2, 0.25) is 0 Å². The molecule has 0 saturated carbocycles. The molecule has 2 aromatic heterocycles. The van der Waals surface area contributed by atoms with E-state index in [9.17, 15) is 0 Å². The van der Waals surface area contributed by atoms with E-state index in [0.29, 0.717) is 17.0 Å². The molecule has 0 aliphatic heterocycles. The summed E-state index contributed by atoms with van der Waals surface area (Å²) in [7, 11) is 1.92. The zero-order chi connectivity index (χ0) is 10.7. The summed E-state index contributed by atoms with van der Waals surface area (Å²) in [5, 5.41) is 11.0. The van der Waals surface area contributed by atoms with Gasteiger partial charge < -0.3 is 11.1 Å². The molecule has 0 aliphatic rings. The Morgan fingerprint density at radius 3 is 3.13 bits per heavy atom. The van der Waals surface area contributed by atoms with Gasteiger partial charge in [0.15, 0.2) is 17.0 Å². The Balaban J connectivity index is 2.25. The zero-order valence-electron chi connectivity index (χ0n) is 8.51. The van der Waals surface area contributed by atoms with Crippen molar-refractivity contribution in [2.45, 2.75) is 13.0 Å².